The highest BCUT2D eigenvalue weighted by molar-refractivity contribution is 6.30. The summed E-state index contributed by atoms with van der Waals surface area (Å²) in [7, 11) is 0. The fourth-order valence-electron chi connectivity index (χ4n) is 4.02. The minimum Gasteiger partial charge on any atom is -0.484 e. The van der Waals surface area contributed by atoms with Crippen LogP contribution in [0.3, 0.4) is 0 Å². The first-order chi connectivity index (χ1) is 15.3. The molecule has 1 aliphatic rings. The molecular weight excluding hydrogens is 424 g/mol. The third kappa shape index (κ3) is 6.73. The van der Waals surface area contributed by atoms with E-state index in [0.717, 1.165) is 36.8 Å². The third-order valence-electron chi connectivity index (χ3n) is 6.20. The summed E-state index contributed by atoms with van der Waals surface area (Å²) in [4.78, 5) is 27.8. The fourth-order valence-corrected chi connectivity index (χ4v) is 4.23. The number of carbonyl (C=O) groups excluding carboxylic acids is 2. The maximum atomic E-state index is 13.2. The van der Waals surface area contributed by atoms with Gasteiger partial charge in [0.15, 0.2) is 6.61 Å². The molecule has 6 heteroatoms. The highest BCUT2D eigenvalue weighted by Crippen LogP contribution is 2.20. The largest absolute Gasteiger partial charge is 0.484 e. The Morgan fingerprint density at radius 2 is 1.84 bits per heavy atom. The van der Waals surface area contributed by atoms with E-state index in [1.165, 1.54) is 12.0 Å². The standard InChI is InChI=1S/C26H33ClN2O3/c1-18-12-13-24(14-19(18)2)32-17-25(30)29(16-21-8-7-9-22(27)15-21)20(3)26(31)28-23-10-5-4-6-11-23/h7-9,12-15,20,23H,4-6,10-11,16-17H2,1-3H3,(H,28,31). The fraction of sp³-hybridized carbons (Fsp3) is 0.462. The lowest BCUT2D eigenvalue weighted by molar-refractivity contribution is -0.142. The highest BCUT2D eigenvalue weighted by Gasteiger charge is 2.28. The van der Waals surface area contributed by atoms with E-state index >= 15 is 0 Å². The van der Waals surface area contributed by atoms with Crippen molar-refractivity contribution >= 4 is 23.4 Å². The first-order valence-electron chi connectivity index (χ1n) is 11.4. The number of nitrogens with one attached hydrogen (secondary N) is 1. The summed E-state index contributed by atoms with van der Waals surface area (Å²) in [6.45, 7) is 5.96. The Morgan fingerprint density at radius 1 is 1.09 bits per heavy atom. The maximum absolute atomic E-state index is 13.2. The summed E-state index contributed by atoms with van der Waals surface area (Å²) in [5.41, 5.74) is 3.14. The molecule has 0 bridgehead atoms. The number of halogens is 1. The Hall–Kier alpha value is -2.53. The third-order valence-corrected chi connectivity index (χ3v) is 6.44. The molecule has 2 amide bonds. The van der Waals surface area contributed by atoms with Crippen molar-refractivity contribution in [1.29, 1.82) is 0 Å². The van der Waals surface area contributed by atoms with E-state index in [0.29, 0.717) is 10.8 Å². The van der Waals surface area contributed by atoms with Gasteiger partial charge in [-0.1, -0.05) is 49.1 Å². The SMILES string of the molecule is Cc1ccc(OCC(=O)N(Cc2cccc(Cl)c2)C(C)C(=O)NC2CCCCC2)cc1C. The second kappa shape index (κ2) is 11.4. The molecule has 0 aliphatic heterocycles. The van der Waals surface area contributed by atoms with Crippen LogP contribution in [0.4, 0.5) is 0 Å². The minimum atomic E-state index is -0.619. The molecule has 1 saturated carbocycles. The van der Waals surface area contributed by atoms with Gasteiger partial charge in [-0.05, 0) is 74.6 Å². The second-order valence-corrected chi connectivity index (χ2v) is 9.14. The number of aryl methyl sites for hydroxylation is 2. The Balaban J connectivity index is 1.71. The molecule has 0 radical (unpaired) electrons. The molecule has 172 valence electrons. The highest BCUT2D eigenvalue weighted by atomic mass is 35.5. The number of benzene rings is 2. The van der Waals surface area contributed by atoms with Gasteiger partial charge in [0, 0.05) is 17.6 Å². The lowest BCUT2D eigenvalue weighted by atomic mass is 9.95. The topological polar surface area (TPSA) is 58.6 Å². The molecule has 2 aromatic rings. The quantitative estimate of drug-likeness (QED) is 0.593. The zero-order valence-corrected chi connectivity index (χ0v) is 20.0. The predicted octanol–water partition coefficient (Wildman–Crippen LogP) is 5.20. The van der Waals surface area contributed by atoms with Crippen molar-refractivity contribution in [2.75, 3.05) is 6.61 Å². The van der Waals surface area contributed by atoms with Crippen LogP contribution < -0.4 is 10.1 Å². The lowest BCUT2D eigenvalue weighted by Gasteiger charge is -2.31. The number of hydrogen-bond acceptors (Lipinski definition) is 3. The van der Waals surface area contributed by atoms with Gasteiger partial charge in [-0.15, -0.1) is 0 Å². The van der Waals surface area contributed by atoms with Gasteiger partial charge in [0.05, 0.1) is 0 Å². The van der Waals surface area contributed by atoms with Crippen LogP contribution >= 0.6 is 11.6 Å². The number of ether oxygens (including phenoxy) is 1. The van der Waals surface area contributed by atoms with Crippen LogP contribution in [0.15, 0.2) is 42.5 Å². The van der Waals surface area contributed by atoms with Gasteiger partial charge in [-0.25, -0.2) is 0 Å². The first kappa shape index (κ1) is 24.1. The average molecular weight is 457 g/mol. The predicted molar refractivity (Wildman–Crippen MR) is 128 cm³/mol. The molecule has 1 unspecified atom stereocenters. The van der Waals surface area contributed by atoms with E-state index in [4.69, 9.17) is 16.3 Å². The van der Waals surface area contributed by atoms with Crippen molar-refractivity contribution in [2.24, 2.45) is 0 Å². The lowest BCUT2D eigenvalue weighted by Crippen LogP contribution is -2.51. The van der Waals surface area contributed by atoms with Gasteiger partial charge in [0.2, 0.25) is 5.91 Å². The molecule has 32 heavy (non-hydrogen) atoms. The van der Waals surface area contributed by atoms with Crippen molar-refractivity contribution in [3.05, 3.63) is 64.2 Å². The summed E-state index contributed by atoms with van der Waals surface area (Å²) in [6.07, 6.45) is 5.48. The van der Waals surface area contributed by atoms with Crippen molar-refractivity contribution < 1.29 is 14.3 Å². The monoisotopic (exact) mass is 456 g/mol. The molecule has 0 heterocycles. The molecule has 2 aromatic carbocycles. The van der Waals surface area contributed by atoms with E-state index in [1.54, 1.807) is 17.9 Å². The zero-order chi connectivity index (χ0) is 23.1. The molecule has 5 nitrogen and oxygen atoms in total. The van der Waals surface area contributed by atoms with Crippen LogP contribution in [0.2, 0.25) is 5.02 Å². The van der Waals surface area contributed by atoms with Crippen LogP contribution in [0.1, 0.15) is 55.7 Å². The van der Waals surface area contributed by atoms with E-state index < -0.39 is 6.04 Å². The molecule has 0 spiro atoms. The van der Waals surface area contributed by atoms with Crippen LogP contribution in [-0.4, -0.2) is 35.4 Å². The van der Waals surface area contributed by atoms with Gasteiger partial charge in [-0.2, -0.15) is 0 Å². The van der Waals surface area contributed by atoms with Gasteiger partial charge in [-0.3, -0.25) is 9.59 Å². The maximum Gasteiger partial charge on any atom is 0.261 e. The zero-order valence-electron chi connectivity index (χ0n) is 19.2. The van der Waals surface area contributed by atoms with Crippen LogP contribution in [-0.2, 0) is 16.1 Å². The Morgan fingerprint density at radius 3 is 2.53 bits per heavy atom. The summed E-state index contributed by atoms with van der Waals surface area (Å²) in [5, 5.41) is 3.74. The van der Waals surface area contributed by atoms with Crippen molar-refractivity contribution in [3.63, 3.8) is 0 Å². The first-order valence-corrected chi connectivity index (χ1v) is 11.8. The Bertz CT molecular complexity index is 940. The Labute approximate surface area is 196 Å². The number of rotatable bonds is 8. The summed E-state index contributed by atoms with van der Waals surface area (Å²) >= 11 is 6.14. The molecule has 1 aliphatic carbocycles. The van der Waals surface area contributed by atoms with Gasteiger partial charge >= 0.3 is 0 Å². The average Bonchev–Trinajstić information content (AvgIpc) is 2.78. The number of carbonyl (C=O) groups is 2. The van der Waals surface area contributed by atoms with Crippen LogP contribution in [0, 0.1) is 13.8 Å². The van der Waals surface area contributed by atoms with E-state index in [1.807, 2.05) is 50.2 Å². The van der Waals surface area contributed by atoms with E-state index in [2.05, 4.69) is 5.32 Å². The molecule has 1 atom stereocenters. The van der Waals surface area contributed by atoms with Crippen LogP contribution in [0.25, 0.3) is 0 Å². The molecular formula is C26H33ClN2O3. The van der Waals surface area contributed by atoms with E-state index in [9.17, 15) is 9.59 Å². The normalized spacial score (nSPS) is 15.1. The molecule has 1 N–H and O–H groups in total. The summed E-state index contributed by atoms with van der Waals surface area (Å²) in [5.74, 6) is 0.274. The van der Waals surface area contributed by atoms with Crippen LogP contribution in [0.5, 0.6) is 5.75 Å². The second-order valence-electron chi connectivity index (χ2n) is 8.71. The molecule has 1 fully saturated rings. The van der Waals surface area contributed by atoms with Gasteiger partial charge in [0.25, 0.3) is 5.91 Å². The van der Waals surface area contributed by atoms with Gasteiger partial charge in [0.1, 0.15) is 11.8 Å². The minimum absolute atomic E-state index is 0.126. The molecule has 0 aromatic heterocycles. The number of hydrogen-bond donors (Lipinski definition) is 1. The smallest absolute Gasteiger partial charge is 0.261 e. The Kier molecular flexibility index (Phi) is 8.57. The van der Waals surface area contributed by atoms with Crippen molar-refractivity contribution in [1.82, 2.24) is 10.2 Å². The van der Waals surface area contributed by atoms with Crippen molar-refractivity contribution in [3.8, 4) is 5.75 Å². The van der Waals surface area contributed by atoms with Gasteiger partial charge < -0.3 is 15.0 Å². The summed E-state index contributed by atoms with van der Waals surface area (Å²) in [6, 6.07) is 12.7. The van der Waals surface area contributed by atoms with Crippen molar-refractivity contribution in [2.45, 2.75) is 71.5 Å². The van der Waals surface area contributed by atoms with E-state index in [-0.39, 0.29) is 31.0 Å². The molecule has 3 rings (SSSR count). The molecule has 0 saturated heterocycles. The number of nitrogens with zero attached hydrogens (tertiary/aromatic N) is 1. The number of amides is 2. The summed E-state index contributed by atoms with van der Waals surface area (Å²) < 4.78 is 5.78.